The number of rotatable bonds is 7. The van der Waals surface area contributed by atoms with E-state index in [2.05, 4.69) is 15.5 Å². The van der Waals surface area contributed by atoms with Crippen molar-refractivity contribution in [2.75, 3.05) is 7.11 Å². The van der Waals surface area contributed by atoms with Gasteiger partial charge >= 0.3 is 0 Å². The summed E-state index contributed by atoms with van der Waals surface area (Å²) in [6.07, 6.45) is 0.527. The van der Waals surface area contributed by atoms with Gasteiger partial charge in [-0.1, -0.05) is 65.8 Å². The highest BCUT2D eigenvalue weighted by atomic mass is 16.5. The zero-order valence-electron chi connectivity index (χ0n) is 16.5. The molecule has 0 spiro atoms. The van der Waals surface area contributed by atoms with Gasteiger partial charge in [-0.15, -0.1) is 0 Å². The lowest BCUT2D eigenvalue weighted by Gasteiger charge is -2.15. The second-order valence-electron chi connectivity index (χ2n) is 6.77. The summed E-state index contributed by atoms with van der Waals surface area (Å²) in [4.78, 5) is 17.3. The van der Waals surface area contributed by atoms with Crippen molar-refractivity contribution in [3.8, 4) is 17.1 Å². The minimum atomic E-state index is -0.466. The van der Waals surface area contributed by atoms with E-state index in [1.807, 2.05) is 72.8 Å². The summed E-state index contributed by atoms with van der Waals surface area (Å²) in [5.41, 5.74) is 2.40. The lowest BCUT2D eigenvalue weighted by atomic mass is 10.1. The number of carbonyl (C=O) groups excluding carboxylic acids is 1. The number of benzene rings is 3. The van der Waals surface area contributed by atoms with Crippen LogP contribution >= 0.6 is 0 Å². The fourth-order valence-corrected chi connectivity index (χ4v) is 3.14. The molecule has 1 aromatic heterocycles. The van der Waals surface area contributed by atoms with Gasteiger partial charge in [-0.2, -0.15) is 4.98 Å². The first-order chi connectivity index (χ1) is 14.7. The third-order valence-corrected chi connectivity index (χ3v) is 4.69. The molecule has 0 saturated heterocycles. The molecule has 30 heavy (non-hydrogen) atoms. The highest BCUT2D eigenvalue weighted by Crippen LogP contribution is 2.24. The van der Waals surface area contributed by atoms with E-state index in [0.717, 1.165) is 11.1 Å². The van der Waals surface area contributed by atoms with Crippen LogP contribution in [-0.4, -0.2) is 23.2 Å². The SMILES string of the molecule is COc1cccc(-c2noc([C@@H](Cc3ccccc3)NC(=O)c3ccccc3)n2)c1. The summed E-state index contributed by atoms with van der Waals surface area (Å²) in [6.45, 7) is 0. The van der Waals surface area contributed by atoms with Crippen LogP contribution < -0.4 is 10.1 Å². The third kappa shape index (κ3) is 4.55. The number of nitrogens with zero attached hydrogens (tertiary/aromatic N) is 2. The number of methoxy groups -OCH3 is 1. The summed E-state index contributed by atoms with van der Waals surface area (Å²) in [5, 5.41) is 7.14. The van der Waals surface area contributed by atoms with Gasteiger partial charge in [-0.05, 0) is 29.8 Å². The van der Waals surface area contributed by atoms with Crippen molar-refractivity contribution < 1.29 is 14.1 Å². The highest BCUT2D eigenvalue weighted by Gasteiger charge is 2.23. The minimum absolute atomic E-state index is 0.197. The zero-order valence-corrected chi connectivity index (χ0v) is 16.5. The van der Waals surface area contributed by atoms with Gasteiger partial charge in [0, 0.05) is 17.5 Å². The van der Waals surface area contributed by atoms with E-state index in [9.17, 15) is 4.79 Å². The second-order valence-corrected chi connectivity index (χ2v) is 6.77. The molecule has 6 heteroatoms. The molecule has 0 unspecified atom stereocenters. The average Bonchev–Trinajstić information content (AvgIpc) is 3.30. The first-order valence-corrected chi connectivity index (χ1v) is 9.61. The summed E-state index contributed by atoms with van der Waals surface area (Å²) in [7, 11) is 1.61. The molecule has 0 saturated carbocycles. The summed E-state index contributed by atoms with van der Waals surface area (Å²) in [5.74, 6) is 1.30. The zero-order chi connectivity index (χ0) is 20.8. The molecule has 0 radical (unpaired) electrons. The molecule has 1 atom stereocenters. The van der Waals surface area contributed by atoms with Crippen LogP contribution in [0.5, 0.6) is 5.75 Å². The van der Waals surface area contributed by atoms with E-state index in [-0.39, 0.29) is 5.91 Å². The summed E-state index contributed by atoms with van der Waals surface area (Å²) < 4.78 is 10.8. The van der Waals surface area contributed by atoms with E-state index in [1.165, 1.54) is 0 Å². The Morgan fingerprint density at radius 3 is 2.47 bits per heavy atom. The van der Waals surface area contributed by atoms with Crippen molar-refractivity contribution in [3.05, 3.63) is 102 Å². The van der Waals surface area contributed by atoms with Crippen molar-refractivity contribution >= 4 is 5.91 Å². The van der Waals surface area contributed by atoms with Crippen molar-refractivity contribution in [2.45, 2.75) is 12.5 Å². The van der Waals surface area contributed by atoms with Crippen LogP contribution in [0.25, 0.3) is 11.4 Å². The molecule has 1 amide bonds. The molecule has 0 bridgehead atoms. The Kier molecular flexibility index (Phi) is 5.85. The molecule has 0 fully saturated rings. The van der Waals surface area contributed by atoms with E-state index in [1.54, 1.807) is 19.2 Å². The topological polar surface area (TPSA) is 77.3 Å². The summed E-state index contributed by atoms with van der Waals surface area (Å²) >= 11 is 0. The van der Waals surface area contributed by atoms with Gasteiger partial charge < -0.3 is 14.6 Å². The predicted molar refractivity (Wildman–Crippen MR) is 113 cm³/mol. The molecule has 6 nitrogen and oxygen atoms in total. The van der Waals surface area contributed by atoms with Crippen molar-refractivity contribution in [2.24, 2.45) is 0 Å². The molecule has 0 aliphatic rings. The number of aromatic nitrogens is 2. The molecule has 4 rings (SSSR count). The van der Waals surface area contributed by atoms with Crippen LogP contribution in [0.3, 0.4) is 0 Å². The van der Waals surface area contributed by atoms with Crippen LogP contribution in [0.1, 0.15) is 27.9 Å². The van der Waals surface area contributed by atoms with Gasteiger partial charge in [0.05, 0.1) is 7.11 Å². The summed E-state index contributed by atoms with van der Waals surface area (Å²) in [6, 6.07) is 25.9. The largest absolute Gasteiger partial charge is 0.497 e. The molecule has 3 aromatic carbocycles. The van der Waals surface area contributed by atoms with Gasteiger partial charge in [-0.25, -0.2) is 0 Å². The first-order valence-electron chi connectivity index (χ1n) is 9.61. The maximum Gasteiger partial charge on any atom is 0.251 e. The average molecular weight is 399 g/mol. The van der Waals surface area contributed by atoms with Crippen molar-refractivity contribution in [1.29, 1.82) is 0 Å². The Labute approximate surface area is 174 Å². The molecular weight excluding hydrogens is 378 g/mol. The number of nitrogens with one attached hydrogen (secondary N) is 1. The second kappa shape index (κ2) is 9.05. The predicted octanol–water partition coefficient (Wildman–Crippen LogP) is 4.46. The fraction of sp³-hybridized carbons (Fsp3) is 0.125. The molecule has 1 heterocycles. The van der Waals surface area contributed by atoms with E-state index < -0.39 is 6.04 Å². The van der Waals surface area contributed by atoms with Crippen molar-refractivity contribution in [1.82, 2.24) is 15.5 Å². The first kappa shape index (κ1) is 19.4. The third-order valence-electron chi connectivity index (χ3n) is 4.69. The van der Waals surface area contributed by atoms with Crippen LogP contribution in [0.4, 0.5) is 0 Å². The van der Waals surface area contributed by atoms with Gasteiger partial charge in [0.15, 0.2) is 0 Å². The number of amides is 1. The molecule has 1 N–H and O–H groups in total. The van der Waals surface area contributed by atoms with Gasteiger partial charge in [-0.3, -0.25) is 4.79 Å². The monoisotopic (exact) mass is 399 g/mol. The van der Waals surface area contributed by atoms with E-state index >= 15 is 0 Å². The molecular formula is C24H21N3O3. The molecule has 150 valence electrons. The van der Waals surface area contributed by atoms with Crippen LogP contribution in [0.2, 0.25) is 0 Å². The highest BCUT2D eigenvalue weighted by molar-refractivity contribution is 5.94. The quantitative estimate of drug-likeness (QED) is 0.496. The molecule has 4 aromatic rings. The maximum atomic E-state index is 12.8. The Morgan fingerprint density at radius 1 is 1.00 bits per heavy atom. The number of hydrogen-bond acceptors (Lipinski definition) is 5. The Bertz CT molecular complexity index is 1110. The van der Waals surface area contributed by atoms with Crippen LogP contribution in [0, 0.1) is 0 Å². The number of ether oxygens (including phenoxy) is 1. The maximum absolute atomic E-state index is 12.8. The van der Waals surface area contributed by atoms with Crippen LogP contribution in [0.15, 0.2) is 89.5 Å². The van der Waals surface area contributed by atoms with Crippen LogP contribution in [-0.2, 0) is 6.42 Å². The van der Waals surface area contributed by atoms with E-state index in [0.29, 0.717) is 29.4 Å². The number of carbonyl (C=O) groups is 1. The fourth-order valence-electron chi connectivity index (χ4n) is 3.14. The van der Waals surface area contributed by atoms with Crippen molar-refractivity contribution in [3.63, 3.8) is 0 Å². The van der Waals surface area contributed by atoms with Gasteiger partial charge in [0.2, 0.25) is 11.7 Å². The Balaban J connectivity index is 1.62. The lowest BCUT2D eigenvalue weighted by Crippen LogP contribution is -2.30. The molecule has 0 aliphatic heterocycles. The van der Waals surface area contributed by atoms with Gasteiger partial charge in [0.1, 0.15) is 11.8 Å². The van der Waals surface area contributed by atoms with E-state index in [4.69, 9.17) is 9.26 Å². The lowest BCUT2D eigenvalue weighted by molar-refractivity contribution is 0.0928. The normalized spacial score (nSPS) is 11.6. The minimum Gasteiger partial charge on any atom is -0.497 e. The Hall–Kier alpha value is -3.93. The van der Waals surface area contributed by atoms with Gasteiger partial charge in [0.25, 0.3) is 5.91 Å². The molecule has 0 aliphatic carbocycles. The standard InChI is InChI=1S/C24H21N3O3/c1-29-20-14-8-13-19(16-20)22-26-24(30-27-22)21(15-17-9-4-2-5-10-17)25-23(28)18-11-6-3-7-12-18/h2-14,16,21H,15H2,1H3,(H,25,28)/t21-/m1/s1. The Morgan fingerprint density at radius 2 is 1.73 bits per heavy atom. The smallest absolute Gasteiger partial charge is 0.251 e. The number of hydrogen-bond donors (Lipinski definition) is 1.